The molecule has 0 aliphatic heterocycles. The van der Waals surface area contributed by atoms with E-state index >= 15 is 0 Å². The molecule has 0 radical (unpaired) electrons. The number of hydrogen-bond acceptors (Lipinski definition) is 4. The zero-order chi connectivity index (χ0) is 14.9. The Kier molecular flexibility index (Phi) is 4.20. The van der Waals surface area contributed by atoms with Crippen molar-refractivity contribution in [3.05, 3.63) is 65.7 Å². The Morgan fingerprint density at radius 2 is 2.25 bits per heavy atom. The molecule has 0 aliphatic carbocycles. The predicted octanol–water partition coefficient (Wildman–Crippen LogP) is 2.92. The molecule has 0 amide bonds. The molecule has 2 aromatic rings. The normalized spacial score (nSPS) is 10.6. The fraction of sp³-hybridized carbons (Fsp3) is 0.167. The van der Waals surface area contributed by atoms with Crippen molar-refractivity contribution in [2.75, 3.05) is 0 Å². The van der Waals surface area contributed by atoms with Crippen molar-refractivity contribution in [1.82, 2.24) is 9.55 Å². The molecule has 2 aromatic heterocycles. The lowest BCUT2D eigenvalue weighted by atomic mass is 10.2. The minimum absolute atomic E-state index is 0.110. The van der Waals surface area contributed by atoms with E-state index in [-0.39, 0.29) is 22.3 Å². The second kappa shape index (κ2) is 5.72. The molecule has 0 aliphatic rings. The lowest BCUT2D eigenvalue weighted by molar-refractivity contribution is -0.386. The molecule has 0 fully saturated rings. The number of halogens is 2. The molecule has 104 valence electrons. The van der Waals surface area contributed by atoms with Gasteiger partial charge in [0.1, 0.15) is 0 Å². The molecule has 2 rings (SSSR count). The Labute approximate surface area is 127 Å². The van der Waals surface area contributed by atoms with Gasteiger partial charge in [-0.1, -0.05) is 11.6 Å². The molecular weight excluding hydrogens is 350 g/mol. The van der Waals surface area contributed by atoms with Crippen LogP contribution >= 0.6 is 27.5 Å². The van der Waals surface area contributed by atoms with Crippen LogP contribution in [-0.4, -0.2) is 14.5 Å². The molecular formula is C12H9BrClN3O3. The van der Waals surface area contributed by atoms with E-state index in [1.807, 2.05) is 0 Å². The van der Waals surface area contributed by atoms with Crippen LogP contribution in [0.3, 0.4) is 0 Å². The van der Waals surface area contributed by atoms with E-state index in [4.69, 9.17) is 11.6 Å². The van der Waals surface area contributed by atoms with E-state index < -0.39 is 4.92 Å². The first-order valence-corrected chi connectivity index (χ1v) is 6.71. The van der Waals surface area contributed by atoms with Crippen LogP contribution in [0.4, 0.5) is 5.69 Å². The summed E-state index contributed by atoms with van der Waals surface area (Å²) in [5, 5.41) is 11.5. The summed E-state index contributed by atoms with van der Waals surface area (Å²) < 4.78 is 1.40. The van der Waals surface area contributed by atoms with Crippen molar-refractivity contribution in [3.8, 4) is 0 Å². The van der Waals surface area contributed by atoms with Crippen LogP contribution in [0.2, 0.25) is 5.02 Å². The zero-order valence-electron chi connectivity index (χ0n) is 10.3. The summed E-state index contributed by atoms with van der Waals surface area (Å²) in [6, 6.07) is 3.22. The molecule has 0 N–H and O–H groups in total. The molecule has 20 heavy (non-hydrogen) atoms. The Bertz CT molecular complexity index is 745. The van der Waals surface area contributed by atoms with Crippen LogP contribution in [0, 0.1) is 17.0 Å². The summed E-state index contributed by atoms with van der Waals surface area (Å²) >= 11 is 8.94. The van der Waals surface area contributed by atoms with Gasteiger partial charge in [0.2, 0.25) is 0 Å². The van der Waals surface area contributed by atoms with Gasteiger partial charge in [-0.25, -0.2) is 0 Å². The largest absolute Gasteiger partial charge is 0.302 e. The summed E-state index contributed by atoms with van der Waals surface area (Å²) in [7, 11) is 0. The van der Waals surface area contributed by atoms with Gasteiger partial charge in [-0.15, -0.1) is 0 Å². The summed E-state index contributed by atoms with van der Waals surface area (Å²) in [5.41, 5.74) is 0.369. The average molecular weight is 359 g/mol. The Morgan fingerprint density at radius 3 is 2.85 bits per heavy atom. The third-order valence-corrected chi connectivity index (χ3v) is 3.92. The number of rotatable bonds is 3. The van der Waals surface area contributed by atoms with Gasteiger partial charge in [0.25, 0.3) is 11.2 Å². The molecule has 8 heteroatoms. The molecule has 0 unspecified atom stereocenters. The SMILES string of the molecule is Cc1c([N+](=O)[O-])cn(Cc2cc(Cl)ccn2)c(=O)c1Br. The van der Waals surface area contributed by atoms with E-state index in [1.165, 1.54) is 23.9 Å². The molecule has 0 aromatic carbocycles. The number of nitrogens with zero attached hydrogens (tertiary/aromatic N) is 3. The summed E-state index contributed by atoms with van der Waals surface area (Å²) in [6.45, 7) is 1.63. The Hall–Kier alpha value is -1.73. The van der Waals surface area contributed by atoms with Gasteiger partial charge < -0.3 is 4.57 Å². The fourth-order valence-corrected chi connectivity index (χ4v) is 2.33. The molecule has 2 heterocycles. The fourth-order valence-electron chi connectivity index (χ4n) is 1.71. The smallest absolute Gasteiger partial charge is 0.289 e. The maximum absolute atomic E-state index is 12.1. The van der Waals surface area contributed by atoms with Crippen molar-refractivity contribution in [3.63, 3.8) is 0 Å². The first-order valence-electron chi connectivity index (χ1n) is 5.54. The van der Waals surface area contributed by atoms with Crippen LogP contribution in [0.1, 0.15) is 11.3 Å². The van der Waals surface area contributed by atoms with Crippen molar-refractivity contribution in [2.24, 2.45) is 0 Å². The van der Waals surface area contributed by atoms with Gasteiger partial charge in [0.15, 0.2) is 0 Å². The van der Waals surface area contributed by atoms with Crippen molar-refractivity contribution in [2.45, 2.75) is 13.5 Å². The predicted molar refractivity (Wildman–Crippen MR) is 78.1 cm³/mol. The van der Waals surface area contributed by atoms with E-state index in [0.717, 1.165) is 0 Å². The van der Waals surface area contributed by atoms with Gasteiger partial charge in [-0.3, -0.25) is 19.9 Å². The third kappa shape index (κ3) is 2.88. The highest BCUT2D eigenvalue weighted by Crippen LogP contribution is 2.22. The topological polar surface area (TPSA) is 78.0 Å². The van der Waals surface area contributed by atoms with Gasteiger partial charge in [-0.2, -0.15) is 0 Å². The Morgan fingerprint density at radius 1 is 1.55 bits per heavy atom. The first-order chi connectivity index (χ1) is 9.40. The highest BCUT2D eigenvalue weighted by Gasteiger charge is 2.18. The minimum atomic E-state index is -0.526. The number of nitro groups is 1. The summed E-state index contributed by atoms with van der Waals surface area (Å²) in [6.07, 6.45) is 2.73. The van der Waals surface area contributed by atoms with Crippen molar-refractivity contribution in [1.29, 1.82) is 0 Å². The van der Waals surface area contributed by atoms with Crippen molar-refractivity contribution >= 4 is 33.2 Å². The van der Waals surface area contributed by atoms with Crippen LogP contribution in [0.25, 0.3) is 0 Å². The third-order valence-electron chi connectivity index (χ3n) is 2.75. The first kappa shape index (κ1) is 14.7. The van der Waals surface area contributed by atoms with E-state index in [9.17, 15) is 14.9 Å². The van der Waals surface area contributed by atoms with Crippen LogP contribution in [0.15, 0.2) is 33.8 Å². The summed E-state index contributed by atoms with van der Waals surface area (Å²) in [5.74, 6) is 0. The second-order valence-electron chi connectivity index (χ2n) is 4.11. The van der Waals surface area contributed by atoms with Crippen LogP contribution in [-0.2, 0) is 6.54 Å². The number of pyridine rings is 2. The number of hydrogen-bond donors (Lipinski definition) is 0. The van der Waals surface area contributed by atoms with Gasteiger partial charge in [0, 0.05) is 16.8 Å². The molecule has 6 nitrogen and oxygen atoms in total. The maximum atomic E-state index is 12.1. The van der Waals surface area contributed by atoms with Gasteiger partial charge in [-0.05, 0) is 35.0 Å². The molecule has 0 atom stereocenters. The minimum Gasteiger partial charge on any atom is -0.302 e. The molecule has 0 bridgehead atoms. The molecule has 0 saturated carbocycles. The lowest BCUT2D eigenvalue weighted by Gasteiger charge is -2.08. The van der Waals surface area contributed by atoms with Gasteiger partial charge >= 0.3 is 0 Å². The second-order valence-corrected chi connectivity index (χ2v) is 5.34. The zero-order valence-corrected chi connectivity index (χ0v) is 12.7. The van der Waals surface area contributed by atoms with E-state index in [2.05, 4.69) is 20.9 Å². The highest BCUT2D eigenvalue weighted by atomic mass is 79.9. The summed E-state index contributed by atoms with van der Waals surface area (Å²) in [4.78, 5) is 26.6. The lowest BCUT2D eigenvalue weighted by Crippen LogP contribution is -2.23. The van der Waals surface area contributed by atoms with Gasteiger partial charge in [0.05, 0.1) is 27.8 Å². The molecule has 0 saturated heterocycles. The number of aromatic nitrogens is 2. The highest BCUT2D eigenvalue weighted by molar-refractivity contribution is 9.10. The monoisotopic (exact) mass is 357 g/mol. The van der Waals surface area contributed by atoms with Crippen LogP contribution < -0.4 is 5.56 Å². The standard InChI is InChI=1S/C12H9BrClN3O3/c1-7-10(17(19)20)6-16(12(18)11(7)13)5-9-4-8(14)2-3-15-9/h2-4,6H,5H2,1H3. The van der Waals surface area contributed by atoms with E-state index in [0.29, 0.717) is 16.3 Å². The quantitative estimate of drug-likeness (QED) is 0.624. The Balaban J connectivity index is 2.52. The van der Waals surface area contributed by atoms with Crippen molar-refractivity contribution < 1.29 is 4.92 Å². The van der Waals surface area contributed by atoms with E-state index in [1.54, 1.807) is 12.1 Å². The maximum Gasteiger partial charge on any atom is 0.289 e. The molecule has 0 spiro atoms. The average Bonchev–Trinajstić information content (AvgIpc) is 2.39. The van der Waals surface area contributed by atoms with Crippen LogP contribution in [0.5, 0.6) is 0 Å².